The van der Waals surface area contributed by atoms with Crippen LogP contribution in [-0.4, -0.2) is 12.3 Å². The fourth-order valence-electron chi connectivity index (χ4n) is 2.00. The molecule has 21 heavy (non-hydrogen) atoms. The highest BCUT2D eigenvalue weighted by molar-refractivity contribution is 6.30. The third kappa shape index (κ3) is 2.42. The number of rotatable bonds is 0. The number of halogens is 4. The maximum absolute atomic E-state index is 13.7. The van der Waals surface area contributed by atoms with E-state index in [1.807, 2.05) is 0 Å². The average molecular weight is 317 g/mol. The molecule has 1 aliphatic heterocycles. The van der Waals surface area contributed by atoms with Gasteiger partial charge in [0, 0.05) is 16.5 Å². The van der Waals surface area contributed by atoms with Gasteiger partial charge < -0.3 is 4.74 Å². The maximum atomic E-state index is 13.7. The fourth-order valence-corrected chi connectivity index (χ4v) is 2.17. The predicted molar refractivity (Wildman–Crippen MR) is 69.8 cm³/mol. The Morgan fingerprint density at radius 2 is 2.19 bits per heavy atom. The Bertz CT molecular complexity index is 708. The molecule has 1 saturated carbocycles. The van der Waals surface area contributed by atoms with Gasteiger partial charge in [0.15, 0.2) is 1.41 Å². The summed E-state index contributed by atoms with van der Waals surface area (Å²) in [5, 5.41) is 0.293. The topological polar surface area (TPSA) is 38.3 Å². The number of anilines is 1. The van der Waals surface area contributed by atoms with Crippen LogP contribution < -0.4 is 5.31 Å². The molecule has 1 amide bonds. The normalized spacial score (nSPS) is 25.4. The second-order valence-corrected chi connectivity index (χ2v) is 5.30. The van der Waals surface area contributed by atoms with Gasteiger partial charge >= 0.3 is 12.3 Å². The number of hydrogen-bond acceptors (Lipinski definition) is 2. The van der Waals surface area contributed by atoms with Crippen LogP contribution in [-0.2, 0) is 10.3 Å². The SMILES string of the molecule is [2H]N1C(=O)O[C@](C#CC2CC2)(C(F)(F)F)c2cc(Cl)ccc21. The number of carbonyl (C=O) groups is 1. The van der Waals surface area contributed by atoms with Crippen LogP contribution in [0, 0.1) is 17.8 Å². The van der Waals surface area contributed by atoms with Crippen LogP contribution in [0.25, 0.3) is 0 Å². The summed E-state index contributed by atoms with van der Waals surface area (Å²) in [5.74, 6) is 4.47. The third-order valence-corrected chi connectivity index (χ3v) is 3.45. The molecule has 0 radical (unpaired) electrons. The average Bonchev–Trinajstić information content (AvgIpc) is 3.24. The lowest BCUT2D eigenvalue weighted by atomic mass is 9.90. The van der Waals surface area contributed by atoms with Crippen molar-refractivity contribution in [2.45, 2.75) is 24.6 Å². The second-order valence-electron chi connectivity index (χ2n) is 4.86. The number of benzene rings is 1. The molecule has 1 fully saturated rings. The summed E-state index contributed by atoms with van der Waals surface area (Å²) in [6.45, 7) is 0. The number of carbonyl (C=O) groups excluding carboxylic acids is 1. The first-order valence-electron chi connectivity index (χ1n) is 6.61. The molecular formula is C14H9ClF3NO2. The molecule has 0 saturated heterocycles. The number of alkyl halides is 3. The molecule has 0 unspecified atom stereocenters. The van der Waals surface area contributed by atoms with E-state index in [0.717, 1.165) is 18.9 Å². The maximum Gasteiger partial charge on any atom is 0.445 e. The lowest BCUT2D eigenvalue weighted by Crippen LogP contribution is -2.49. The summed E-state index contributed by atoms with van der Waals surface area (Å²) < 4.78 is 53.1. The smallest absolute Gasteiger partial charge is 0.415 e. The quantitative estimate of drug-likeness (QED) is 0.733. The Hall–Kier alpha value is -1.87. The van der Waals surface area contributed by atoms with E-state index < -0.39 is 23.4 Å². The summed E-state index contributed by atoms with van der Waals surface area (Å²) >= 11 is 5.78. The van der Waals surface area contributed by atoms with Crippen molar-refractivity contribution in [3.63, 3.8) is 0 Å². The first kappa shape index (κ1) is 12.8. The van der Waals surface area contributed by atoms with Crippen molar-refractivity contribution in [3.8, 4) is 11.8 Å². The summed E-state index contributed by atoms with van der Waals surface area (Å²) in [5.41, 5.74) is -3.79. The van der Waals surface area contributed by atoms with Crippen molar-refractivity contribution in [2.75, 3.05) is 5.31 Å². The third-order valence-electron chi connectivity index (χ3n) is 3.22. The van der Waals surface area contributed by atoms with Crippen molar-refractivity contribution in [2.24, 2.45) is 5.92 Å². The Labute approximate surface area is 124 Å². The molecule has 110 valence electrons. The van der Waals surface area contributed by atoms with Crippen LogP contribution in [0.1, 0.15) is 18.4 Å². The molecule has 0 aromatic heterocycles. The van der Waals surface area contributed by atoms with Crippen LogP contribution in [0.4, 0.5) is 23.7 Å². The zero-order valence-electron chi connectivity index (χ0n) is 11.5. The Morgan fingerprint density at radius 1 is 1.48 bits per heavy atom. The molecule has 1 aromatic rings. The lowest BCUT2D eigenvalue weighted by molar-refractivity contribution is -0.239. The zero-order chi connectivity index (χ0) is 16.1. The Kier molecular flexibility index (Phi) is 2.79. The minimum absolute atomic E-state index is 0.0342. The molecule has 3 nitrogen and oxygen atoms in total. The summed E-state index contributed by atoms with van der Waals surface area (Å²) in [4.78, 5) is 11.7. The van der Waals surface area contributed by atoms with Gasteiger partial charge in [-0.3, -0.25) is 5.31 Å². The molecule has 1 heterocycles. The van der Waals surface area contributed by atoms with E-state index in [0.29, 0.717) is 0 Å². The number of hydrogen-bond donors (Lipinski definition) is 1. The molecule has 3 rings (SSSR count). The van der Waals surface area contributed by atoms with Crippen molar-refractivity contribution in [1.82, 2.24) is 0 Å². The van der Waals surface area contributed by atoms with E-state index in [4.69, 9.17) is 13.0 Å². The number of ether oxygens (including phenoxy) is 1. The summed E-state index contributed by atoms with van der Waals surface area (Å²) in [6.07, 6.45) is -4.94. The van der Waals surface area contributed by atoms with Crippen molar-refractivity contribution >= 4 is 23.4 Å². The van der Waals surface area contributed by atoms with Gasteiger partial charge in [0.05, 0.1) is 5.69 Å². The number of nitrogens with one attached hydrogen (secondary N) is 1. The largest absolute Gasteiger partial charge is 0.445 e. The van der Waals surface area contributed by atoms with Gasteiger partial charge in [-0.25, -0.2) is 4.79 Å². The molecular weight excluding hydrogens is 307 g/mol. The second kappa shape index (κ2) is 4.57. The number of fused-ring (bicyclic) bond motifs is 1. The predicted octanol–water partition coefficient (Wildman–Crippen LogP) is 4.07. The van der Waals surface area contributed by atoms with E-state index >= 15 is 0 Å². The molecule has 0 bridgehead atoms. The van der Waals surface area contributed by atoms with Crippen LogP contribution in [0.3, 0.4) is 0 Å². The monoisotopic (exact) mass is 316 g/mol. The van der Waals surface area contributed by atoms with Crippen molar-refractivity contribution in [3.05, 3.63) is 28.8 Å². The Morgan fingerprint density at radius 3 is 2.81 bits per heavy atom. The van der Waals surface area contributed by atoms with Gasteiger partial charge in [0.1, 0.15) is 0 Å². The van der Waals surface area contributed by atoms with E-state index in [1.54, 1.807) is 0 Å². The summed E-state index contributed by atoms with van der Waals surface area (Å²) in [6, 6.07) is 3.50. The zero-order valence-corrected chi connectivity index (χ0v) is 11.3. The number of cyclic esters (lactones) is 1. The minimum atomic E-state index is -4.95. The molecule has 1 atom stereocenters. The van der Waals surface area contributed by atoms with Crippen LogP contribution in [0.2, 0.25) is 6.43 Å². The Balaban J connectivity index is 2.25. The van der Waals surface area contributed by atoms with Crippen LogP contribution >= 0.6 is 11.6 Å². The van der Waals surface area contributed by atoms with Crippen molar-refractivity contribution in [1.29, 1.82) is 0 Å². The first-order valence-corrected chi connectivity index (χ1v) is 6.54. The highest BCUT2D eigenvalue weighted by Crippen LogP contribution is 2.48. The molecule has 1 aliphatic carbocycles. The van der Waals surface area contributed by atoms with Gasteiger partial charge in [-0.1, -0.05) is 17.5 Å². The molecule has 7 heteroatoms. The highest BCUT2D eigenvalue weighted by atomic mass is 35.5. The van der Waals surface area contributed by atoms with Crippen LogP contribution in [0.5, 0.6) is 0 Å². The van der Waals surface area contributed by atoms with E-state index in [9.17, 15) is 18.0 Å². The highest BCUT2D eigenvalue weighted by Gasteiger charge is 2.62. The van der Waals surface area contributed by atoms with E-state index in [1.165, 1.54) is 12.1 Å². The van der Waals surface area contributed by atoms with Gasteiger partial charge in [0.25, 0.3) is 5.60 Å². The van der Waals surface area contributed by atoms with E-state index in [2.05, 4.69) is 16.6 Å². The number of amides is 1. The minimum Gasteiger partial charge on any atom is -0.415 e. The summed E-state index contributed by atoms with van der Waals surface area (Å²) in [7, 11) is 0. The van der Waals surface area contributed by atoms with Gasteiger partial charge in [-0.15, -0.1) is 0 Å². The first-order chi connectivity index (χ1) is 10.2. The fraction of sp³-hybridized carbons (Fsp3) is 0.357. The standard InChI is InChI=1S/C14H9ClF3NO2/c15-9-3-4-11-10(7-9)13(14(16,17)18,21-12(20)19-11)6-5-8-1-2-8/h3-4,7-8H,1-2H2,(H,19,20)/t13-/m0/s1/i/hD. The van der Waals surface area contributed by atoms with Gasteiger partial charge in [-0.2, -0.15) is 13.2 Å². The van der Waals surface area contributed by atoms with Gasteiger partial charge in [-0.05, 0) is 37.0 Å². The van der Waals surface area contributed by atoms with Crippen molar-refractivity contribution < 1.29 is 24.1 Å². The van der Waals surface area contributed by atoms with Gasteiger partial charge in [0.2, 0.25) is 0 Å². The molecule has 2 aliphatic rings. The molecule has 1 N–H and O–H groups in total. The molecule has 1 aromatic carbocycles. The van der Waals surface area contributed by atoms with Crippen LogP contribution in [0.15, 0.2) is 18.2 Å². The lowest BCUT2D eigenvalue weighted by Gasteiger charge is -2.35. The molecule has 0 spiro atoms. The van der Waals surface area contributed by atoms with E-state index in [-0.39, 0.29) is 21.9 Å².